The Morgan fingerprint density at radius 3 is 2.56 bits per heavy atom. The third-order valence-electron chi connectivity index (χ3n) is 5.25. The van der Waals surface area contributed by atoms with Gasteiger partial charge in [-0.1, -0.05) is 71.4 Å². The number of nitrogens with one attached hydrogen (secondary N) is 1. The molecule has 0 unspecified atom stereocenters. The summed E-state index contributed by atoms with van der Waals surface area (Å²) in [5.41, 5.74) is 3.83. The summed E-state index contributed by atoms with van der Waals surface area (Å²) in [5, 5.41) is 16.8. The van der Waals surface area contributed by atoms with Gasteiger partial charge in [0.1, 0.15) is 11.4 Å². The van der Waals surface area contributed by atoms with Crippen molar-refractivity contribution < 1.29 is 24.0 Å². The van der Waals surface area contributed by atoms with Gasteiger partial charge in [0.2, 0.25) is 0 Å². The van der Waals surface area contributed by atoms with Crippen LogP contribution in [0.1, 0.15) is 21.6 Å². The van der Waals surface area contributed by atoms with E-state index in [0.29, 0.717) is 45.3 Å². The Balaban J connectivity index is 1.52. The van der Waals surface area contributed by atoms with Gasteiger partial charge in [0.25, 0.3) is 0 Å². The van der Waals surface area contributed by atoms with Crippen molar-refractivity contribution in [2.45, 2.75) is 13.3 Å². The molecule has 34 heavy (non-hydrogen) atoms. The Hall–Kier alpha value is -4.10. The molecule has 1 heterocycles. The maximum atomic E-state index is 12.4. The van der Waals surface area contributed by atoms with E-state index in [1.165, 1.54) is 0 Å². The lowest BCUT2D eigenvalue weighted by atomic mass is 9.97. The summed E-state index contributed by atoms with van der Waals surface area (Å²) in [6, 6.07) is 21.3. The van der Waals surface area contributed by atoms with Crippen molar-refractivity contribution in [1.29, 1.82) is 0 Å². The van der Waals surface area contributed by atoms with E-state index in [4.69, 9.17) is 20.9 Å². The van der Waals surface area contributed by atoms with Crippen molar-refractivity contribution in [2.75, 3.05) is 11.9 Å². The number of halogens is 1. The van der Waals surface area contributed by atoms with E-state index in [-0.39, 0.29) is 12.2 Å². The number of carbonyl (C=O) groups excluding carboxylic acids is 1. The van der Waals surface area contributed by atoms with Crippen LogP contribution < -0.4 is 5.32 Å². The molecule has 1 aromatic heterocycles. The first-order valence-electron chi connectivity index (χ1n) is 10.5. The number of ether oxygens (including phenoxy) is 1. The summed E-state index contributed by atoms with van der Waals surface area (Å²) in [6.07, 6.45) is -0.167. The standard InChI is InChI=1S/C26H21ClN2O5/c1-16-23(28-26(32)33-14-13-17-7-2-5-12-22(17)27)24(34-29-16)19-9-6-8-18(15-19)20-10-3-4-11-21(20)25(30)31/h2-12,15H,13-14H2,1H3,(H,28,32)(H,30,31). The lowest BCUT2D eigenvalue weighted by Gasteiger charge is -2.10. The molecule has 4 rings (SSSR count). The molecule has 0 aliphatic rings. The second kappa shape index (κ2) is 10.2. The number of amides is 1. The summed E-state index contributed by atoms with van der Waals surface area (Å²) in [7, 11) is 0. The Kier molecular flexibility index (Phi) is 6.94. The monoisotopic (exact) mass is 476 g/mol. The van der Waals surface area contributed by atoms with Crippen molar-refractivity contribution >= 4 is 29.4 Å². The van der Waals surface area contributed by atoms with Crippen LogP contribution in [0.15, 0.2) is 77.3 Å². The van der Waals surface area contributed by atoms with E-state index in [9.17, 15) is 14.7 Å². The van der Waals surface area contributed by atoms with E-state index in [2.05, 4.69) is 10.5 Å². The number of rotatable bonds is 7. The molecular formula is C26H21ClN2O5. The Morgan fingerprint density at radius 1 is 1.03 bits per heavy atom. The molecule has 0 saturated heterocycles. The lowest BCUT2D eigenvalue weighted by Crippen LogP contribution is -2.16. The first-order valence-corrected chi connectivity index (χ1v) is 10.9. The quantitative estimate of drug-likeness (QED) is 0.317. The highest BCUT2D eigenvalue weighted by Crippen LogP contribution is 2.34. The molecule has 0 aliphatic heterocycles. The summed E-state index contributed by atoms with van der Waals surface area (Å²) >= 11 is 6.14. The average Bonchev–Trinajstić information content (AvgIpc) is 3.20. The zero-order valence-electron chi connectivity index (χ0n) is 18.2. The number of hydrogen-bond donors (Lipinski definition) is 2. The maximum absolute atomic E-state index is 12.4. The highest BCUT2D eigenvalue weighted by atomic mass is 35.5. The van der Waals surface area contributed by atoms with Gasteiger partial charge in [-0.25, -0.2) is 9.59 Å². The third kappa shape index (κ3) is 5.10. The van der Waals surface area contributed by atoms with Gasteiger partial charge < -0.3 is 14.4 Å². The zero-order chi connectivity index (χ0) is 24.1. The smallest absolute Gasteiger partial charge is 0.411 e. The molecule has 2 N–H and O–H groups in total. The number of carbonyl (C=O) groups is 2. The number of benzene rings is 3. The van der Waals surface area contributed by atoms with Gasteiger partial charge >= 0.3 is 12.1 Å². The number of hydrogen-bond acceptors (Lipinski definition) is 5. The molecule has 3 aromatic carbocycles. The van der Waals surface area contributed by atoms with Gasteiger partial charge in [0.15, 0.2) is 5.76 Å². The van der Waals surface area contributed by atoms with Gasteiger partial charge in [-0.2, -0.15) is 0 Å². The number of carboxylic acids is 1. The minimum Gasteiger partial charge on any atom is -0.478 e. The first kappa shape index (κ1) is 23.1. The number of nitrogens with zero attached hydrogens (tertiary/aromatic N) is 1. The molecule has 0 saturated carbocycles. The average molecular weight is 477 g/mol. The van der Waals surface area contributed by atoms with Crippen molar-refractivity contribution in [1.82, 2.24) is 5.16 Å². The molecule has 7 nitrogen and oxygen atoms in total. The second-order valence-electron chi connectivity index (χ2n) is 7.51. The summed E-state index contributed by atoms with van der Waals surface area (Å²) < 4.78 is 10.8. The lowest BCUT2D eigenvalue weighted by molar-refractivity contribution is 0.0697. The molecule has 4 aromatic rings. The molecule has 0 radical (unpaired) electrons. The van der Waals surface area contributed by atoms with Crippen LogP contribution in [0.5, 0.6) is 0 Å². The van der Waals surface area contributed by atoms with Crippen molar-refractivity contribution in [2.24, 2.45) is 0 Å². The van der Waals surface area contributed by atoms with Crippen LogP contribution in [0.3, 0.4) is 0 Å². The van der Waals surface area contributed by atoms with E-state index < -0.39 is 12.1 Å². The normalized spacial score (nSPS) is 10.6. The predicted octanol–water partition coefficient (Wildman–Crippen LogP) is 6.46. The van der Waals surface area contributed by atoms with Gasteiger partial charge in [-0.15, -0.1) is 0 Å². The van der Waals surface area contributed by atoms with Crippen LogP contribution in [0.2, 0.25) is 5.02 Å². The summed E-state index contributed by atoms with van der Waals surface area (Å²) in [5.74, 6) is -0.673. The van der Waals surface area contributed by atoms with E-state index >= 15 is 0 Å². The molecule has 8 heteroatoms. The van der Waals surface area contributed by atoms with E-state index in [1.807, 2.05) is 24.3 Å². The Morgan fingerprint density at radius 2 is 1.76 bits per heavy atom. The number of aromatic carboxylic acids is 1. The van der Waals surface area contributed by atoms with Crippen LogP contribution in [-0.2, 0) is 11.2 Å². The molecule has 0 atom stereocenters. The molecule has 0 aliphatic carbocycles. The van der Waals surface area contributed by atoms with E-state index in [0.717, 1.165) is 5.56 Å². The third-order valence-corrected chi connectivity index (χ3v) is 5.61. The molecular weight excluding hydrogens is 456 g/mol. The van der Waals surface area contributed by atoms with Crippen molar-refractivity contribution in [3.8, 4) is 22.5 Å². The minimum absolute atomic E-state index is 0.149. The van der Waals surface area contributed by atoms with Crippen LogP contribution >= 0.6 is 11.6 Å². The molecule has 0 spiro atoms. The van der Waals surface area contributed by atoms with Gasteiger partial charge in [0.05, 0.1) is 12.2 Å². The zero-order valence-corrected chi connectivity index (χ0v) is 19.0. The van der Waals surface area contributed by atoms with Gasteiger partial charge in [0, 0.05) is 17.0 Å². The van der Waals surface area contributed by atoms with Gasteiger partial charge in [-0.3, -0.25) is 5.32 Å². The van der Waals surface area contributed by atoms with Crippen LogP contribution in [0.4, 0.5) is 10.5 Å². The highest BCUT2D eigenvalue weighted by molar-refractivity contribution is 6.31. The first-order chi connectivity index (χ1) is 16.4. The summed E-state index contributed by atoms with van der Waals surface area (Å²) in [4.78, 5) is 24.1. The topological polar surface area (TPSA) is 102 Å². The predicted molar refractivity (Wildman–Crippen MR) is 129 cm³/mol. The SMILES string of the molecule is Cc1noc(-c2cccc(-c3ccccc3C(=O)O)c2)c1NC(=O)OCCc1ccccc1Cl. The Bertz CT molecular complexity index is 1350. The number of carboxylic acid groups (broad SMARTS) is 1. The fourth-order valence-corrected chi connectivity index (χ4v) is 3.79. The molecule has 1 amide bonds. The second-order valence-corrected chi connectivity index (χ2v) is 7.91. The molecule has 0 bridgehead atoms. The maximum Gasteiger partial charge on any atom is 0.411 e. The number of aromatic nitrogens is 1. The minimum atomic E-state index is -1.02. The number of anilines is 1. The number of aryl methyl sites for hydroxylation is 1. The highest BCUT2D eigenvalue weighted by Gasteiger charge is 2.19. The largest absolute Gasteiger partial charge is 0.478 e. The summed E-state index contributed by atoms with van der Waals surface area (Å²) in [6.45, 7) is 1.85. The fraction of sp³-hybridized carbons (Fsp3) is 0.115. The van der Waals surface area contributed by atoms with E-state index in [1.54, 1.807) is 55.5 Å². The molecule has 0 fully saturated rings. The fourth-order valence-electron chi connectivity index (χ4n) is 3.56. The van der Waals surface area contributed by atoms with Crippen LogP contribution in [0.25, 0.3) is 22.5 Å². The van der Waals surface area contributed by atoms with Crippen LogP contribution in [-0.4, -0.2) is 28.9 Å². The molecule has 172 valence electrons. The van der Waals surface area contributed by atoms with Crippen molar-refractivity contribution in [3.63, 3.8) is 0 Å². The Labute approximate surface area is 200 Å². The van der Waals surface area contributed by atoms with Crippen LogP contribution in [0, 0.1) is 6.92 Å². The van der Waals surface area contributed by atoms with Gasteiger partial charge in [-0.05, 0) is 41.8 Å². The van der Waals surface area contributed by atoms with Crippen molar-refractivity contribution in [3.05, 3.63) is 94.6 Å².